The van der Waals surface area contributed by atoms with Crippen molar-refractivity contribution in [3.63, 3.8) is 0 Å². The van der Waals surface area contributed by atoms with Gasteiger partial charge in [0.2, 0.25) is 0 Å². The molecule has 0 amide bonds. The van der Waals surface area contributed by atoms with E-state index in [1.165, 1.54) is 5.56 Å². The third kappa shape index (κ3) is 1.48. The van der Waals surface area contributed by atoms with E-state index in [-0.39, 0.29) is 0 Å². The summed E-state index contributed by atoms with van der Waals surface area (Å²) in [6.45, 7) is 2.80. The Morgan fingerprint density at radius 3 is 3.18 bits per heavy atom. The van der Waals surface area contributed by atoms with E-state index in [1.54, 1.807) is 0 Å². The normalized spacial score (nSPS) is 13.7. The lowest BCUT2D eigenvalue weighted by molar-refractivity contribution is 0.357. The van der Waals surface area contributed by atoms with E-state index in [4.69, 9.17) is 4.74 Å². The minimum absolute atomic E-state index is 0.771. The van der Waals surface area contributed by atoms with E-state index in [0.717, 1.165) is 52.4 Å². The molecule has 4 aromatic rings. The van der Waals surface area contributed by atoms with Crippen LogP contribution in [0.3, 0.4) is 0 Å². The second-order valence-corrected chi connectivity index (χ2v) is 5.64. The van der Waals surface area contributed by atoms with Gasteiger partial charge in [-0.1, -0.05) is 0 Å². The molecule has 0 radical (unpaired) electrons. The Morgan fingerprint density at radius 2 is 2.23 bits per heavy atom. The summed E-state index contributed by atoms with van der Waals surface area (Å²) in [6.07, 6.45) is 4.75. The molecule has 22 heavy (non-hydrogen) atoms. The average Bonchev–Trinajstić information content (AvgIpc) is 3.24. The number of imidazole rings is 1. The predicted molar refractivity (Wildman–Crippen MR) is 84.2 cm³/mol. The molecule has 0 fully saturated rings. The van der Waals surface area contributed by atoms with Crippen molar-refractivity contribution in [2.75, 3.05) is 6.61 Å². The first-order valence-corrected chi connectivity index (χ1v) is 7.38. The Balaban J connectivity index is 1.81. The number of hydrogen-bond donors (Lipinski definition) is 1. The molecule has 108 valence electrons. The topological polar surface area (TPSA) is 55.2 Å². The average molecular weight is 290 g/mol. The second kappa shape index (κ2) is 4.10. The smallest absolute Gasteiger partial charge is 0.154 e. The highest BCUT2D eigenvalue weighted by Gasteiger charge is 2.17. The van der Waals surface area contributed by atoms with Crippen molar-refractivity contribution in [2.24, 2.45) is 0 Å². The molecule has 1 aromatic carbocycles. The van der Waals surface area contributed by atoms with Gasteiger partial charge in [-0.15, -0.1) is 0 Å². The summed E-state index contributed by atoms with van der Waals surface area (Å²) in [5.74, 6) is 0.995. The summed E-state index contributed by atoms with van der Waals surface area (Å²) in [7, 11) is 0. The molecule has 3 aromatic heterocycles. The summed E-state index contributed by atoms with van der Waals surface area (Å²) in [5.41, 5.74) is 7.31. The van der Waals surface area contributed by atoms with E-state index in [0.29, 0.717) is 0 Å². The lowest BCUT2D eigenvalue weighted by atomic mass is 10.1. The molecule has 0 unspecified atom stereocenters. The van der Waals surface area contributed by atoms with Crippen LogP contribution in [0.5, 0.6) is 5.75 Å². The van der Waals surface area contributed by atoms with Crippen molar-refractivity contribution in [1.29, 1.82) is 0 Å². The van der Waals surface area contributed by atoms with Gasteiger partial charge in [0.25, 0.3) is 0 Å². The zero-order valence-corrected chi connectivity index (χ0v) is 12.1. The van der Waals surface area contributed by atoms with E-state index < -0.39 is 0 Å². The molecular formula is C17H14N4O. The number of aromatic nitrogens is 4. The minimum atomic E-state index is 0.771. The van der Waals surface area contributed by atoms with E-state index in [1.807, 2.05) is 31.6 Å². The van der Waals surface area contributed by atoms with Gasteiger partial charge >= 0.3 is 0 Å². The fourth-order valence-corrected chi connectivity index (χ4v) is 3.28. The molecule has 0 aliphatic carbocycles. The number of fused-ring (bicyclic) bond motifs is 4. The van der Waals surface area contributed by atoms with Crippen molar-refractivity contribution >= 4 is 16.7 Å². The quantitative estimate of drug-likeness (QED) is 0.586. The molecule has 5 nitrogen and oxygen atoms in total. The Morgan fingerprint density at radius 1 is 1.27 bits per heavy atom. The van der Waals surface area contributed by atoms with Crippen LogP contribution in [0.1, 0.15) is 11.3 Å². The number of nitrogens with one attached hydrogen (secondary N) is 1. The first-order valence-electron chi connectivity index (χ1n) is 7.38. The Hall–Kier alpha value is -2.82. The number of aryl methyl sites for hydroxylation is 1. The van der Waals surface area contributed by atoms with Crippen LogP contribution in [0.4, 0.5) is 0 Å². The van der Waals surface area contributed by atoms with Crippen molar-refractivity contribution < 1.29 is 4.74 Å². The monoisotopic (exact) mass is 290 g/mol. The molecule has 0 saturated heterocycles. The van der Waals surface area contributed by atoms with E-state index in [2.05, 4.69) is 31.5 Å². The number of rotatable bonds is 1. The van der Waals surface area contributed by atoms with Crippen molar-refractivity contribution in [2.45, 2.75) is 13.3 Å². The van der Waals surface area contributed by atoms with Gasteiger partial charge in [0, 0.05) is 18.2 Å². The zero-order valence-electron chi connectivity index (χ0n) is 12.1. The Kier molecular flexibility index (Phi) is 2.20. The number of aromatic amines is 1. The predicted octanol–water partition coefficient (Wildman–Crippen LogP) is 3.12. The molecule has 5 heteroatoms. The molecule has 0 spiro atoms. The molecule has 0 saturated carbocycles. The van der Waals surface area contributed by atoms with Gasteiger partial charge in [0.15, 0.2) is 5.65 Å². The van der Waals surface area contributed by atoms with Crippen molar-refractivity contribution in [3.8, 4) is 17.0 Å². The van der Waals surface area contributed by atoms with Crippen molar-refractivity contribution in [3.05, 3.63) is 48.0 Å². The van der Waals surface area contributed by atoms with Crippen LogP contribution in [0.25, 0.3) is 27.9 Å². The van der Waals surface area contributed by atoms with Crippen LogP contribution in [-0.2, 0) is 6.42 Å². The van der Waals surface area contributed by atoms with Gasteiger partial charge < -0.3 is 9.72 Å². The minimum Gasteiger partial charge on any atom is -0.493 e. The fraction of sp³-hybridized carbons (Fsp3) is 0.176. The summed E-state index contributed by atoms with van der Waals surface area (Å²) >= 11 is 0. The molecule has 4 heterocycles. The number of benzene rings is 1. The molecule has 0 atom stereocenters. The molecule has 1 aliphatic rings. The summed E-state index contributed by atoms with van der Waals surface area (Å²) in [6, 6.07) is 8.33. The number of H-pyrrole nitrogens is 1. The third-order valence-corrected chi connectivity index (χ3v) is 4.32. The SMILES string of the molecule is Cc1nc2[nH]ccc2n2cnc(-c3ccc4c(c3)CCO4)c12. The van der Waals surface area contributed by atoms with Gasteiger partial charge in [-0.05, 0) is 36.8 Å². The fourth-order valence-electron chi connectivity index (χ4n) is 3.28. The summed E-state index contributed by atoms with van der Waals surface area (Å²) < 4.78 is 7.69. The highest BCUT2D eigenvalue weighted by molar-refractivity contribution is 5.85. The molecule has 1 aliphatic heterocycles. The van der Waals surface area contributed by atoms with Crippen LogP contribution >= 0.6 is 0 Å². The van der Waals surface area contributed by atoms with E-state index >= 15 is 0 Å². The van der Waals surface area contributed by atoms with Gasteiger partial charge in [0.05, 0.1) is 29.0 Å². The highest BCUT2D eigenvalue weighted by atomic mass is 16.5. The molecular weight excluding hydrogens is 276 g/mol. The third-order valence-electron chi connectivity index (χ3n) is 4.32. The summed E-state index contributed by atoms with van der Waals surface area (Å²) in [5, 5.41) is 0. The van der Waals surface area contributed by atoms with Crippen LogP contribution in [0, 0.1) is 6.92 Å². The maximum Gasteiger partial charge on any atom is 0.154 e. The standard InChI is InChI=1S/C17H14N4O/c1-10-16-15(12-2-3-14-11(8-12)5-7-22-14)19-9-21(16)13-4-6-18-17(13)20-10/h2-4,6,8-9,18H,5,7H2,1H3. The summed E-state index contributed by atoms with van der Waals surface area (Å²) in [4.78, 5) is 12.5. The van der Waals surface area contributed by atoms with Crippen LogP contribution in [-0.4, -0.2) is 26.0 Å². The van der Waals surface area contributed by atoms with Crippen molar-refractivity contribution in [1.82, 2.24) is 19.4 Å². The first kappa shape index (κ1) is 11.8. The van der Waals surface area contributed by atoms with Gasteiger partial charge in [-0.3, -0.25) is 4.40 Å². The maximum atomic E-state index is 5.59. The maximum absolute atomic E-state index is 5.59. The van der Waals surface area contributed by atoms with E-state index in [9.17, 15) is 0 Å². The lowest BCUT2D eigenvalue weighted by Gasteiger charge is -2.05. The molecule has 0 bridgehead atoms. The molecule has 5 rings (SSSR count). The van der Waals surface area contributed by atoms with Gasteiger partial charge in [-0.25, -0.2) is 9.97 Å². The van der Waals surface area contributed by atoms with Crippen LogP contribution < -0.4 is 4.74 Å². The Bertz CT molecular complexity index is 1030. The number of nitrogens with zero attached hydrogens (tertiary/aromatic N) is 3. The second-order valence-electron chi connectivity index (χ2n) is 5.64. The number of ether oxygens (including phenoxy) is 1. The Labute approximate surface area is 126 Å². The van der Waals surface area contributed by atoms with Crippen LogP contribution in [0.2, 0.25) is 0 Å². The zero-order chi connectivity index (χ0) is 14.7. The van der Waals surface area contributed by atoms with Crippen LogP contribution in [0.15, 0.2) is 36.8 Å². The lowest BCUT2D eigenvalue weighted by Crippen LogP contribution is -1.93. The van der Waals surface area contributed by atoms with Gasteiger partial charge in [0.1, 0.15) is 12.1 Å². The number of hydrogen-bond acceptors (Lipinski definition) is 3. The van der Waals surface area contributed by atoms with Gasteiger partial charge in [-0.2, -0.15) is 0 Å². The highest BCUT2D eigenvalue weighted by Crippen LogP contribution is 2.33. The molecule has 1 N–H and O–H groups in total. The first-order chi connectivity index (χ1) is 10.8. The largest absolute Gasteiger partial charge is 0.493 e.